The lowest BCUT2D eigenvalue weighted by molar-refractivity contribution is 0.0766. The van der Waals surface area contributed by atoms with Crippen LogP contribution in [0, 0.1) is 5.82 Å². The van der Waals surface area contributed by atoms with Gasteiger partial charge in [-0.2, -0.15) is 0 Å². The monoisotopic (exact) mass is 241 g/mol. The summed E-state index contributed by atoms with van der Waals surface area (Å²) in [5.74, 6) is -0.384. The highest BCUT2D eigenvalue weighted by Gasteiger charge is 2.29. The summed E-state index contributed by atoms with van der Waals surface area (Å²) in [6, 6.07) is 14.4. The molecule has 0 saturated carbocycles. The van der Waals surface area contributed by atoms with Crippen molar-refractivity contribution in [3.05, 3.63) is 71.0 Å². The Kier molecular flexibility index (Phi) is 2.59. The molecule has 0 atom stereocenters. The molecule has 2 aromatic rings. The summed E-state index contributed by atoms with van der Waals surface area (Å²) in [4.78, 5) is 13.8. The van der Waals surface area contributed by atoms with Gasteiger partial charge in [0.15, 0.2) is 0 Å². The third-order valence-electron chi connectivity index (χ3n) is 3.20. The maximum Gasteiger partial charge on any atom is 0.254 e. The smallest absolute Gasteiger partial charge is 0.254 e. The number of rotatable bonds is 2. The number of carbonyl (C=O) groups excluding carboxylic acids is 1. The zero-order valence-corrected chi connectivity index (χ0v) is 9.77. The van der Waals surface area contributed by atoms with Crippen LogP contribution in [0.15, 0.2) is 48.5 Å². The Morgan fingerprint density at radius 1 is 1.06 bits per heavy atom. The molecule has 1 aliphatic heterocycles. The fourth-order valence-corrected chi connectivity index (χ4v) is 2.28. The topological polar surface area (TPSA) is 20.3 Å². The summed E-state index contributed by atoms with van der Waals surface area (Å²) in [6.45, 7) is 0.878. The highest BCUT2D eigenvalue weighted by atomic mass is 19.1. The molecule has 0 spiro atoms. The van der Waals surface area contributed by atoms with Gasteiger partial charge in [-0.05, 0) is 17.7 Å². The minimum atomic E-state index is -0.295. The molecule has 0 bridgehead atoms. The van der Waals surface area contributed by atoms with Crippen molar-refractivity contribution >= 4 is 5.91 Å². The Morgan fingerprint density at radius 2 is 1.83 bits per heavy atom. The van der Waals surface area contributed by atoms with E-state index < -0.39 is 0 Å². The van der Waals surface area contributed by atoms with Crippen LogP contribution < -0.4 is 0 Å². The molecule has 0 unspecified atom stereocenters. The second-order valence-electron chi connectivity index (χ2n) is 4.41. The lowest BCUT2D eigenvalue weighted by Gasteiger charge is -2.15. The molecule has 90 valence electrons. The SMILES string of the molecule is O=C1c2cccc(F)c2CN1Cc1ccccc1. The van der Waals surface area contributed by atoms with Crippen LogP contribution >= 0.6 is 0 Å². The minimum absolute atomic E-state index is 0.0895. The first-order valence-electron chi connectivity index (χ1n) is 5.86. The minimum Gasteiger partial charge on any atom is -0.330 e. The van der Waals surface area contributed by atoms with Gasteiger partial charge in [0, 0.05) is 17.7 Å². The molecule has 0 fully saturated rings. The highest BCUT2D eigenvalue weighted by molar-refractivity contribution is 5.98. The Balaban J connectivity index is 1.87. The van der Waals surface area contributed by atoms with E-state index in [0.29, 0.717) is 24.2 Å². The van der Waals surface area contributed by atoms with Gasteiger partial charge in [-0.3, -0.25) is 4.79 Å². The molecule has 0 saturated heterocycles. The van der Waals surface area contributed by atoms with E-state index in [1.54, 1.807) is 17.0 Å². The van der Waals surface area contributed by atoms with Crippen molar-refractivity contribution in [1.29, 1.82) is 0 Å². The van der Waals surface area contributed by atoms with E-state index in [2.05, 4.69) is 0 Å². The van der Waals surface area contributed by atoms with Gasteiger partial charge in [0.1, 0.15) is 5.82 Å². The molecule has 3 heteroatoms. The second-order valence-corrected chi connectivity index (χ2v) is 4.41. The molecule has 1 aliphatic rings. The Labute approximate surface area is 105 Å². The van der Waals surface area contributed by atoms with Gasteiger partial charge in [-0.15, -0.1) is 0 Å². The maximum absolute atomic E-state index is 13.6. The molecule has 3 rings (SSSR count). The van der Waals surface area contributed by atoms with Gasteiger partial charge in [0.25, 0.3) is 5.91 Å². The number of halogens is 1. The molecule has 0 N–H and O–H groups in total. The van der Waals surface area contributed by atoms with Crippen LogP contribution in [-0.4, -0.2) is 10.8 Å². The Bertz CT molecular complexity index is 595. The van der Waals surface area contributed by atoms with Crippen molar-refractivity contribution < 1.29 is 9.18 Å². The van der Waals surface area contributed by atoms with Gasteiger partial charge in [0.05, 0.1) is 6.54 Å². The molecule has 0 aromatic heterocycles. The molecule has 18 heavy (non-hydrogen) atoms. The van der Waals surface area contributed by atoms with Crippen molar-refractivity contribution in [2.24, 2.45) is 0 Å². The van der Waals surface area contributed by atoms with E-state index in [1.807, 2.05) is 30.3 Å². The van der Waals surface area contributed by atoms with E-state index in [-0.39, 0.29) is 11.7 Å². The number of carbonyl (C=O) groups is 1. The lowest BCUT2D eigenvalue weighted by atomic mass is 10.1. The lowest BCUT2D eigenvalue weighted by Crippen LogP contribution is -2.23. The van der Waals surface area contributed by atoms with E-state index >= 15 is 0 Å². The Hall–Kier alpha value is -2.16. The van der Waals surface area contributed by atoms with E-state index in [4.69, 9.17) is 0 Å². The largest absolute Gasteiger partial charge is 0.330 e. The van der Waals surface area contributed by atoms with Gasteiger partial charge in [-0.25, -0.2) is 4.39 Å². The molecule has 2 nitrogen and oxygen atoms in total. The van der Waals surface area contributed by atoms with Gasteiger partial charge >= 0.3 is 0 Å². The number of hydrogen-bond acceptors (Lipinski definition) is 1. The van der Waals surface area contributed by atoms with Gasteiger partial charge in [-0.1, -0.05) is 36.4 Å². The molecule has 0 aliphatic carbocycles. The predicted octanol–water partition coefficient (Wildman–Crippen LogP) is 2.98. The van der Waals surface area contributed by atoms with E-state index in [0.717, 1.165) is 5.56 Å². The average molecular weight is 241 g/mol. The molecule has 1 heterocycles. The van der Waals surface area contributed by atoms with E-state index in [1.165, 1.54) is 6.07 Å². The number of hydrogen-bond donors (Lipinski definition) is 0. The van der Waals surface area contributed by atoms with Crippen molar-refractivity contribution in [1.82, 2.24) is 4.90 Å². The summed E-state index contributed by atoms with van der Waals surface area (Å²) < 4.78 is 13.6. The van der Waals surface area contributed by atoms with Crippen molar-refractivity contribution in [3.63, 3.8) is 0 Å². The van der Waals surface area contributed by atoms with Crippen LogP contribution in [0.2, 0.25) is 0 Å². The standard InChI is InChI=1S/C15H12FNO/c16-14-8-4-7-12-13(14)10-17(15(12)18)9-11-5-2-1-3-6-11/h1-8H,9-10H2. The number of amides is 1. The summed E-state index contributed by atoms with van der Waals surface area (Å²) in [7, 11) is 0. The number of nitrogens with zero attached hydrogens (tertiary/aromatic N) is 1. The highest BCUT2D eigenvalue weighted by Crippen LogP contribution is 2.26. The molecule has 1 amide bonds. The first-order valence-corrected chi connectivity index (χ1v) is 5.86. The molecular formula is C15H12FNO. The van der Waals surface area contributed by atoms with Crippen molar-refractivity contribution in [2.45, 2.75) is 13.1 Å². The van der Waals surface area contributed by atoms with Gasteiger partial charge < -0.3 is 4.90 Å². The van der Waals surface area contributed by atoms with Crippen LogP contribution in [0.4, 0.5) is 4.39 Å². The normalized spacial score (nSPS) is 13.8. The maximum atomic E-state index is 13.6. The second kappa shape index (κ2) is 4.26. The number of benzene rings is 2. The van der Waals surface area contributed by atoms with Crippen molar-refractivity contribution in [3.8, 4) is 0 Å². The summed E-state index contributed by atoms with van der Waals surface area (Å²) in [5, 5.41) is 0. The Morgan fingerprint density at radius 3 is 2.56 bits per heavy atom. The van der Waals surface area contributed by atoms with Crippen LogP contribution in [0.5, 0.6) is 0 Å². The molecule has 0 radical (unpaired) electrons. The number of fused-ring (bicyclic) bond motifs is 1. The summed E-state index contributed by atoms with van der Waals surface area (Å²) in [5.41, 5.74) is 2.06. The fraction of sp³-hybridized carbons (Fsp3) is 0.133. The van der Waals surface area contributed by atoms with Crippen LogP contribution in [-0.2, 0) is 13.1 Å². The first kappa shape index (κ1) is 11.0. The quantitative estimate of drug-likeness (QED) is 0.791. The first-order chi connectivity index (χ1) is 8.75. The molecular weight excluding hydrogens is 229 g/mol. The third-order valence-corrected chi connectivity index (χ3v) is 3.20. The zero-order valence-electron chi connectivity index (χ0n) is 9.77. The van der Waals surface area contributed by atoms with Crippen LogP contribution in [0.3, 0.4) is 0 Å². The molecule has 2 aromatic carbocycles. The van der Waals surface area contributed by atoms with Gasteiger partial charge in [0.2, 0.25) is 0 Å². The van der Waals surface area contributed by atoms with Crippen LogP contribution in [0.1, 0.15) is 21.5 Å². The zero-order chi connectivity index (χ0) is 12.5. The predicted molar refractivity (Wildman–Crippen MR) is 66.4 cm³/mol. The summed E-state index contributed by atoms with van der Waals surface area (Å²) in [6.07, 6.45) is 0. The van der Waals surface area contributed by atoms with Crippen LogP contribution in [0.25, 0.3) is 0 Å². The van der Waals surface area contributed by atoms with E-state index in [9.17, 15) is 9.18 Å². The summed E-state index contributed by atoms with van der Waals surface area (Å²) >= 11 is 0. The average Bonchev–Trinajstić information content (AvgIpc) is 2.70. The van der Waals surface area contributed by atoms with Crippen molar-refractivity contribution in [2.75, 3.05) is 0 Å². The third kappa shape index (κ3) is 1.78. The fourth-order valence-electron chi connectivity index (χ4n) is 2.28.